The Hall–Kier alpha value is -1.64. The number of hydrogen-bond acceptors (Lipinski definition) is 2. The third-order valence-corrected chi connectivity index (χ3v) is 3.38. The summed E-state index contributed by atoms with van der Waals surface area (Å²) < 4.78 is 5.36. The molecule has 0 radical (unpaired) electrons. The lowest BCUT2D eigenvalue weighted by Gasteiger charge is -2.19. The van der Waals surface area contributed by atoms with Crippen molar-refractivity contribution >= 4 is 0 Å². The Morgan fingerprint density at radius 3 is 1.95 bits per heavy atom. The van der Waals surface area contributed by atoms with Crippen molar-refractivity contribution in [1.82, 2.24) is 5.32 Å². The predicted octanol–water partition coefficient (Wildman–Crippen LogP) is 3.44. The van der Waals surface area contributed by atoms with Crippen molar-refractivity contribution in [2.45, 2.75) is 12.8 Å². The molecule has 2 rings (SSSR count). The molecule has 1 N–H and O–H groups in total. The highest BCUT2D eigenvalue weighted by Gasteiger charge is 2.12. The smallest absolute Gasteiger partial charge is 0.0590 e. The fraction of sp³-hybridized carbons (Fsp3) is 0.333. The normalized spacial score (nSPS) is 10.9. The van der Waals surface area contributed by atoms with Crippen LogP contribution in [-0.4, -0.2) is 26.3 Å². The molecule has 2 heteroatoms. The molecule has 0 heterocycles. The standard InChI is InChI=1S/C18H23NO/c1-2-20-14-13-19-15-18(16-9-5-3-6-10-16)17-11-7-4-8-12-17/h3-12,18-19H,2,13-15H2,1H3. The number of hydrogen-bond donors (Lipinski definition) is 1. The number of rotatable bonds is 8. The summed E-state index contributed by atoms with van der Waals surface area (Å²) in [7, 11) is 0. The lowest BCUT2D eigenvalue weighted by atomic mass is 9.91. The van der Waals surface area contributed by atoms with Crippen LogP contribution in [0.3, 0.4) is 0 Å². The Labute approximate surface area is 121 Å². The average Bonchev–Trinajstić information content (AvgIpc) is 2.53. The Morgan fingerprint density at radius 1 is 0.900 bits per heavy atom. The summed E-state index contributed by atoms with van der Waals surface area (Å²) in [5, 5.41) is 3.49. The topological polar surface area (TPSA) is 21.3 Å². The SMILES string of the molecule is CCOCCNCC(c1ccccc1)c1ccccc1. The fourth-order valence-electron chi connectivity index (χ4n) is 2.33. The van der Waals surface area contributed by atoms with Crippen LogP contribution in [0.1, 0.15) is 24.0 Å². The monoisotopic (exact) mass is 269 g/mol. The van der Waals surface area contributed by atoms with E-state index < -0.39 is 0 Å². The predicted molar refractivity (Wildman–Crippen MR) is 84.1 cm³/mol. The van der Waals surface area contributed by atoms with Gasteiger partial charge in [-0.25, -0.2) is 0 Å². The molecule has 2 aromatic carbocycles. The maximum atomic E-state index is 5.36. The molecule has 20 heavy (non-hydrogen) atoms. The second-order valence-electron chi connectivity index (χ2n) is 4.78. The second-order valence-corrected chi connectivity index (χ2v) is 4.78. The van der Waals surface area contributed by atoms with Gasteiger partial charge in [0.2, 0.25) is 0 Å². The Balaban J connectivity index is 2.02. The molecule has 0 atom stereocenters. The van der Waals surface area contributed by atoms with Gasteiger partial charge >= 0.3 is 0 Å². The molecule has 0 aromatic heterocycles. The molecule has 2 aromatic rings. The zero-order chi connectivity index (χ0) is 14.0. The van der Waals surface area contributed by atoms with Gasteiger partial charge in [0.1, 0.15) is 0 Å². The van der Waals surface area contributed by atoms with E-state index in [9.17, 15) is 0 Å². The van der Waals surface area contributed by atoms with Crippen molar-refractivity contribution in [3.05, 3.63) is 71.8 Å². The zero-order valence-corrected chi connectivity index (χ0v) is 12.1. The van der Waals surface area contributed by atoms with Crippen LogP contribution >= 0.6 is 0 Å². The van der Waals surface area contributed by atoms with Crippen LogP contribution in [-0.2, 0) is 4.74 Å². The van der Waals surface area contributed by atoms with Gasteiger partial charge in [-0.15, -0.1) is 0 Å². The number of benzene rings is 2. The summed E-state index contributed by atoms with van der Waals surface area (Å²) in [5.74, 6) is 0.388. The minimum absolute atomic E-state index is 0.388. The molecule has 0 unspecified atom stereocenters. The highest BCUT2D eigenvalue weighted by Crippen LogP contribution is 2.23. The van der Waals surface area contributed by atoms with Crippen LogP contribution in [0.2, 0.25) is 0 Å². The summed E-state index contributed by atoms with van der Waals surface area (Å²) in [4.78, 5) is 0. The first kappa shape index (κ1) is 14.8. The van der Waals surface area contributed by atoms with Crippen LogP contribution in [0.5, 0.6) is 0 Å². The fourth-order valence-corrected chi connectivity index (χ4v) is 2.33. The molecule has 0 saturated heterocycles. The van der Waals surface area contributed by atoms with Crippen molar-refractivity contribution in [2.75, 3.05) is 26.3 Å². The molecule has 0 aliphatic rings. The Bertz CT molecular complexity index is 430. The molecule has 106 valence electrons. The van der Waals surface area contributed by atoms with E-state index in [0.717, 1.165) is 26.3 Å². The van der Waals surface area contributed by atoms with E-state index in [1.165, 1.54) is 11.1 Å². The maximum Gasteiger partial charge on any atom is 0.0590 e. The molecular weight excluding hydrogens is 246 g/mol. The van der Waals surface area contributed by atoms with E-state index in [2.05, 4.69) is 66.0 Å². The molecule has 0 fully saturated rings. The van der Waals surface area contributed by atoms with E-state index in [1.807, 2.05) is 6.92 Å². The lowest BCUT2D eigenvalue weighted by molar-refractivity contribution is 0.149. The molecule has 0 bridgehead atoms. The summed E-state index contributed by atoms with van der Waals surface area (Å²) in [6.07, 6.45) is 0. The van der Waals surface area contributed by atoms with E-state index in [1.54, 1.807) is 0 Å². The first-order chi connectivity index (χ1) is 9.92. The van der Waals surface area contributed by atoms with Crippen LogP contribution in [0.25, 0.3) is 0 Å². The first-order valence-corrected chi connectivity index (χ1v) is 7.30. The van der Waals surface area contributed by atoms with Gasteiger partial charge in [-0.3, -0.25) is 0 Å². The third kappa shape index (κ3) is 4.48. The van der Waals surface area contributed by atoms with Gasteiger partial charge in [-0.2, -0.15) is 0 Å². The van der Waals surface area contributed by atoms with Crippen molar-refractivity contribution in [3.63, 3.8) is 0 Å². The highest BCUT2D eigenvalue weighted by molar-refractivity contribution is 5.32. The second kappa shape index (κ2) is 8.51. The van der Waals surface area contributed by atoms with Crippen LogP contribution in [0, 0.1) is 0 Å². The average molecular weight is 269 g/mol. The van der Waals surface area contributed by atoms with Crippen molar-refractivity contribution in [1.29, 1.82) is 0 Å². The van der Waals surface area contributed by atoms with Gasteiger partial charge in [0.15, 0.2) is 0 Å². The minimum Gasteiger partial charge on any atom is -0.380 e. The van der Waals surface area contributed by atoms with Crippen LogP contribution in [0.15, 0.2) is 60.7 Å². The molecule has 0 aliphatic heterocycles. The summed E-state index contributed by atoms with van der Waals surface area (Å²) in [6, 6.07) is 21.3. The lowest BCUT2D eigenvalue weighted by Crippen LogP contribution is -2.26. The van der Waals surface area contributed by atoms with Crippen molar-refractivity contribution < 1.29 is 4.74 Å². The Kier molecular flexibility index (Phi) is 6.28. The van der Waals surface area contributed by atoms with Crippen molar-refractivity contribution in [2.24, 2.45) is 0 Å². The summed E-state index contributed by atoms with van der Waals surface area (Å²) in [6.45, 7) is 5.40. The van der Waals surface area contributed by atoms with Gasteiger partial charge in [-0.1, -0.05) is 60.7 Å². The van der Waals surface area contributed by atoms with Gasteiger partial charge in [0.05, 0.1) is 6.61 Å². The van der Waals surface area contributed by atoms with Gasteiger partial charge in [0, 0.05) is 25.6 Å². The highest BCUT2D eigenvalue weighted by atomic mass is 16.5. The number of ether oxygens (including phenoxy) is 1. The third-order valence-electron chi connectivity index (χ3n) is 3.38. The quantitative estimate of drug-likeness (QED) is 0.741. The summed E-state index contributed by atoms with van der Waals surface area (Å²) >= 11 is 0. The van der Waals surface area contributed by atoms with Crippen LogP contribution in [0.4, 0.5) is 0 Å². The molecule has 0 spiro atoms. The van der Waals surface area contributed by atoms with Crippen LogP contribution < -0.4 is 5.32 Å². The van der Waals surface area contributed by atoms with E-state index in [4.69, 9.17) is 4.74 Å². The zero-order valence-electron chi connectivity index (χ0n) is 12.1. The minimum atomic E-state index is 0.388. The molecule has 0 saturated carbocycles. The van der Waals surface area contributed by atoms with Gasteiger partial charge in [-0.05, 0) is 18.1 Å². The van der Waals surface area contributed by atoms with E-state index in [-0.39, 0.29) is 0 Å². The van der Waals surface area contributed by atoms with Crippen molar-refractivity contribution in [3.8, 4) is 0 Å². The largest absolute Gasteiger partial charge is 0.380 e. The molecule has 0 amide bonds. The van der Waals surface area contributed by atoms with E-state index in [0.29, 0.717) is 5.92 Å². The van der Waals surface area contributed by atoms with Gasteiger partial charge in [0.25, 0.3) is 0 Å². The van der Waals surface area contributed by atoms with Gasteiger partial charge < -0.3 is 10.1 Å². The maximum absolute atomic E-state index is 5.36. The number of nitrogens with one attached hydrogen (secondary N) is 1. The first-order valence-electron chi connectivity index (χ1n) is 7.30. The van der Waals surface area contributed by atoms with E-state index >= 15 is 0 Å². The molecule has 0 aliphatic carbocycles. The summed E-state index contributed by atoms with van der Waals surface area (Å²) in [5.41, 5.74) is 2.70. The Morgan fingerprint density at radius 2 is 1.45 bits per heavy atom. The molecule has 2 nitrogen and oxygen atoms in total. The molecular formula is C18H23NO.